The van der Waals surface area contributed by atoms with Gasteiger partial charge in [-0.05, 0) is 31.9 Å². The van der Waals surface area contributed by atoms with Crippen LogP contribution >= 0.6 is 0 Å². The Labute approximate surface area is 124 Å². The number of rotatable bonds is 6. The lowest BCUT2D eigenvalue weighted by Crippen LogP contribution is -2.13. The van der Waals surface area contributed by atoms with Gasteiger partial charge in [-0.15, -0.1) is 0 Å². The van der Waals surface area contributed by atoms with E-state index in [0.717, 1.165) is 29.2 Å². The number of benzene rings is 1. The molecule has 2 rings (SSSR count). The topological polar surface area (TPSA) is 56.2 Å². The summed E-state index contributed by atoms with van der Waals surface area (Å²) < 4.78 is 7.14. The number of anilines is 1. The maximum atomic E-state index is 12.0. The smallest absolute Gasteiger partial charge is 0.224 e. The molecule has 0 radical (unpaired) electrons. The van der Waals surface area contributed by atoms with Crippen LogP contribution in [0.4, 0.5) is 5.69 Å². The first-order chi connectivity index (χ1) is 10.2. The maximum Gasteiger partial charge on any atom is 0.224 e. The summed E-state index contributed by atoms with van der Waals surface area (Å²) >= 11 is 0. The number of amides is 1. The Morgan fingerprint density at radius 2 is 2.14 bits per heavy atom. The van der Waals surface area contributed by atoms with Gasteiger partial charge in [-0.3, -0.25) is 9.48 Å². The molecule has 0 bridgehead atoms. The summed E-state index contributed by atoms with van der Waals surface area (Å²) in [5.41, 5.74) is 2.79. The summed E-state index contributed by atoms with van der Waals surface area (Å²) in [4.78, 5) is 12.0. The summed E-state index contributed by atoms with van der Waals surface area (Å²) in [5, 5.41) is 7.12. The van der Waals surface area contributed by atoms with Crippen molar-refractivity contribution in [1.82, 2.24) is 9.78 Å². The monoisotopic (exact) mass is 287 g/mol. The first-order valence-corrected chi connectivity index (χ1v) is 7.09. The van der Waals surface area contributed by atoms with Crippen molar-refractivity contribution < 1.29 is 9.53 Å². The average molecular weight is 287 g/mol. The molecule has 0 saturated carbocycles. The summed E-state index contributed by atoms with van der Waals surface area (Å²) in [6.07, 6.45) is 2.76. The van der Waals surface area contributed by atoms with E-state index in [-0.39, 0.29) is 5.91 Å². The molecule has 1 aromatic carbocycles. The number of aromatic nitrogens is 2. The van der Waals surface area contributed by atoms with Crippen LogP contribution in [-0.4, -0.2) is 22.8 Å². The molecule has 0 aliphatic heterocycles. The van der Waals surface area contributed by atoms with Gasteiger partial charge in [-0.1, -0.05) is 18.2 Å². The molecular weight excluding hydrogens is 266 g/mol. The van der Waals surface area contributed by atoms with Crippen LogP contribution in [0.25, 0.3) is 0 Å². The van der Waals surface area contributed by atoms with Crippen LogP contribution in [0.2, 0.25) is 0 Å². The van der Waals surface area contributed by atoms with Crippen molar-refractivity contribution in [1.29, 1.82) is 0 Å². The second kappa shape index (κ2) is 6.92. The largest absolute Gasteiger partial charge is 0.496 e. The van der Waals surface area contributed by atoms with Crippen LogP contribution in [0.15, 0.2) is 30.5 Å². The second-order valence-corrected chi connectivity index (χ2v) is 4.82. The van der Waals surface area contributed by atoms with E-state index in [0.29, 0.717) is 12.8 Å². The Kier molecular flexibility index (Phi) is 4.98. The zero-order valence-electron chi connectivity index (χ0n) is 12.7. The zero-order chi connectivity index (χ0) is 15.2. The third-order valence-corrected chi connectivity index (χ3v) is 3.49. The zero-order valence-corrected chi connectivity index (χ0v) is 12.7. The van der Waals surface area contributed by atoms with Gasteiger partial charge in [0, 0.05) is 13.0 Å². The molecule has 21 heavy (non-hydrogen) atoms. The lowest BCUT2D eigenvalue weighted by molar-refractivity contribution is -0.116. The first kappa shape index (κ1) is 15.1. The highest BCUT2D eigenvalue weighted by atomic mass is 16.5. The molecule has 1 heterocycles. The number of aryl methyl sites for hydroxylation is 2. The van der Waals surface area contributed by atoms with Crippen LogP contribution in [0.1, 0.15) is 24.6 Å². The van der Waals surface area contributed by atoms with Gasteiger partial charge in [0.25, 0.3) is 0 Å². The molecule has 0 atom stereocenters. The van der Waals surface area contributed by atoms with E-state index < -0.39 is 0 Å². The lowest BCUT2D eigenvalue weighted by Gasteiger charge is -2.08. The molecule has 0 aliphatic rings. The Morgan fingerprint density at radius 3 is 2.81 bits per heavy atom. The number of hydrogen-bond acceptors (Lipinski definition) is 3. The molecule has 112 valence electrons. The fourth-order valence-electron chi connectivity index (χ4n) is 2.26. The minimum atomic E-state index is -0.0142. The highest BCUT2D eigenvalue weighted by Crippen LogP contribution is 2.19. The Morgan fingerprint density at radius 1 is 1.38 bits per heavy atom. The number of carbonyl (C=O) groups is 1. The van der Waals surface area contributed by atoms with E-state index in [1.54, 1.807) is 13.3 Å². The molecule has 0 aliphatic carbocycles. The van der Waals surface area contributed by atoms with Gasteiger partial charge in [0.1, 0.15) is 5.75 Å². The fraction of sp³-hybridized carbons (Fsp3) is 0.375. The van der Waals surface area contributed by atoms with Crippen molar-refractivity contribution in [3.8, 4) is 5.75 Å². The van der Waals surface area contributed by atoms with Crippen molar-refractivity contribution in [3.05, 3.63) is 41.7 Å². The van der Waals surface area contributed by atoms with Crippen molar-refractivity contribution >= 4 is 11.6 Å². The molecule has 0 spiro atoms. The van der Waals surface area contributed by atoms with Crippen LogP contribution < -0.4 is 10.1 Å². The SMILES string of the molecule is CCn1ncc(NC(=O)CCc2ccccc2OC)c1C. The molecule has 0 saturated heterocycles. The van der Waals surface area contributed by atoms with Gasteiger partial charge in [-0.25, -0.2) is 0 Å². The predicted molar refractivity (Wildman–Crippen MR) is 82.6 cm³/mol. The number of para-hydroxylation sites is 1. The molecule has 1 amide bonds. The third kappa shape index (κ3) is 3.62. The number of methoxy groups -OCH3 is 1. The van der Waals surface area contributed by atoms with E-state index in [4.69, 9.17) is 4.74 Å². The summed E-state index contributed by atoms with van der Waals surface area (Å²) in [7, 11) is 1.64. The van der Waals surface area contributed by atoms with Crippen molar-refractivity contribution in [2.45, 2.75) is 33.2 Å². The van der Waals surface area contributed by atoms with Gasteiger partial charge in [0.2, 0.25) is 5.91 Å². The average Bonchev–Trinajstić information content (AvgIpc) is 2.85. The summed E-state index contributed by atoms with van der Waals surface area (Å²) in [5.74, 6) is 0.806. The highest BCUT2D eigenvalue weighted by molar-refractivity contribution is 5.91. The van der Waals surface area contributed by atoms with E-state index >= 15 is 0 Å². The Balaban J connectivity index is 1.94. The van der Waals surface area contributed by atoms with Crippen molar-refractivity contribution in [2.24, 2.45) is 0 Å². The number of carbonyl (C=O) groups excluding carboxylic acids is 1. The molecule has 2 aromatic rings. The summed E-state index contributed by atoms with van der Waals surface area (Å²) in [6, 6.07) is 7.76. The van der Waals surface area contributed by atoms with Gasteiger partial charge in [-0.2, -0.15) is 5.10 Å². The standard InChI is InChI=1S/C16H21N3O2/c1-4-19-12(2)14(11-17-19)18-16(20)10-9-13-7-5-6-8-15(13)21-3/h5-8,11H,4,9-10H2,1-3H3,(H,18,20). The number of ether oxygens (including phenoxy) is 1. The van der Waals surface area contributed by atoms with Gasteiger partial charge >= 0.3 is 0 Å². The van der Waals surface area contributed by atoms with Crippen LogP contribution in [0.3, 0.4) is 0 Å². The van der Waals surface area contributed by atoms with E-state index in [2.05, 4.69) is 10.4 Å². The molecule has 0 fully saturated rings. The summed E-state index contributed by atoms with van der Waals surface area (Å²) in [6.45, 7) is 4.77. The van der Waals surface area contributed by atoms with Crippen molar-refractivity contribution in [2.75, 3.05) is 12.4 Å². The minimum absolute atomic E-state index is 0.0142. The predicted octanol–water partition coefficient (Wildman–Crippen LogP) is 2.79. The van der Waals surface area contributed by atoms with E-state index in [1.165, 1.54) is 0 Å². The van der Waals surface area contributed by atoms with E-state index in [9.17, 15) is 4.79 Å². The van der Waals surface area contributed by atoms with Crippen LogP contribution in [-0.2, 0) is 17.8 Å². The van der Waals surface area contributed by atoms with Gasteiger partial charge in [0.05, 0.1) is 24.7 Å². The maximum absolute atomic E-state index is 12.0. The Bertz CT molecular complexity index is 620. The molecule has 5 heteroatoms. The highest BCUT2D eigenvalue weighted by Gasteiger charge is 2.10. The molecular formula is C16H21N3O2. The quantitative estimate of drug-likeness (QED) is 0.889. The van der Waals surface area contributed by atoms with E-state index in [1.807, 2.05) is 42.8 Å². The van der Waals surface area contributed by atoms with Gasteiger partial charge in [0.15, 0.2) is 0 Å². The number of hydrogen-bond donors (Lipinski definition) is 1. The lowest BCUT2D eigenvalue weighted by atomic mass is 10.1. The molecule has 0 unspecified atom stereocenters. The number of nitrogens with one attached hydrogen (secondary N) is 1. The first-order valence-electron chi connectivity index (χ1n) is 7.09. The molecule has 1 N–H and O–H groups in total. The van der Waals surface area contributed by atoms with Gasteiger partial charge < -0.3 is 10.1 Å². The normalized spacial score (nSPS) is 10.4. The third-order valence-electron chi connectivity index (χ3n) is 3.49. The minimum Gasteiger partial charge on any atom is -0.496 e. The Hall–Kier alpha value is -2.30. The van der Waals surface area contributed by atoms with Crippen LogP contribution in [0.5, 0.6) is 5.75 Å². The fourth-order valence-corrected chi connectivity index (χ4v) is 2.26. The number of nitrogens with zero attached hydrogens (tertiary/aromatic N) is 2. The van der Waals surface area contributed by atoms with Crippen molar-refractivity contribution in [3.63, 3.8) is 0 Å². The molecule has 1 aromatic heterocycles. The van der Waals surface area contributed by atoms with Crippen LogP contribution in [0, 0.1) is 6.92 Å². The molecule has 5 nitrogen and oxygen atoms in total. The second-order valence-electron chi connectivity index (χ2n) is 4.82.